The minimum Gasteiger partial charge on any atom is -0.481 e. The Morgan fingerprint density at radius 3 is 2.47 bits per heavy atom. The van der Waals surface area contributed by atoms with Crippen LogP contribution in [-0.2, 0) is 14.3 Å². The number of hydrogen-bond acceptors (Lipinski definition) is 4. The average Bonchev–Trinajstić information content (AvgIpc) is 2.43. The Morgan fingerprint density at radius 2 is 2.00 bits per heavy atom. The summed E-state index contributed by atoms with van der Waals surface area (Å²) in [4.78, 5) is 23.3. The smallest absolute Gasteiger partial charge is 0.311 e. The molecule has 1 fully saturated rings. The molecule has 1 saturated heterocycles. The highest BCUT2D eigenvalue weighted by molar-refractivity contribution is 5.83. The molecule has 4 N–H and O–H groups in total. The molecule has 6 nitrogen and oxygen atoms in total. The van der Waals surface area contributed by atoms with E-state index in [2.05, 4.69) is 5.32 Å². The Balaban J connectivity index is 2.57. The number of carboxylic acid groups (broad SMARTS) is 1. The average molecular weight is 272 g/mol. The zero-order chi connectivity index (χ0) is 14.5. The van der Waals surface area contributed by atoms with E-state index in [-0.39, 0.29) is 18.4 Å². The summed E-state index contributed by atoms with van der Waals surface area (Å²) in [5, 5.41) is 12.0. The molecule has 1 heterocycles. The Kier molecular flexibility index (Phi) is 5.75. The van der Waals surface area contributed by atoms with Crippen LogP contribution >= 0.6 is 0 Å². The second kappa shape index (κ2) is 6.86. The molecule has 2 unspecified atom stereocenters. The predicted molar refractivity (Wildman–Crippen MR) is 70.6 cm³/mol. The van der Waals surface area contributed by atoms with E-state index in [1.165, 1.54) is 0 Å². The maximum absolute atomic E-state index is 11.9. The zero-order valence-corrected chi connectivity index (χ0v) is 11.6. The SMILES string of the molecule is CCC(C)C(N)C(=O)NCC1(C(=O)O)CCOCC1. The quantitative estimate of drug-likeness (QED) is 0.648. The Hall–Kier alpha value is -1.14. The highest BCUT2D eigenvalue weighted by Crippen LogP contribution is 2.30. The van der Waals surface area contributed by atoms with Gasteiger partial charge in [-0.05, 0) is 18.8 Å². The van der Waals surface area contributed by atoms with Gasteiger partial charge in [-0.25, -0.2) is 0 Å². The van der Waals surface area contributed by atoms with E-state index in [4.69, 9.17) is 10.5 Å². The molecule has 0 aromatic heterocycles. The Bertz CT molecular complexity index is 327. The van der Waals surface area contributed by atoms with E-state index in [0.717, 1.165) is 6.42 Å². The highest BCUT2D eigenvalue weighted by atomic mass is 16.5. The second-order valence-electron chi connectivity index (χ2n) is 5.33. The van der Waals surface area contributed by atoms with E-state index in [1.54, 1.807) is 0 Å². The number of amides is 1. The van der Waals surface area contributed by atoms with Crippen molar-refractivity contribution in [2.24, 2.45) is 17.1 Å². The maximum atomic E-state index is 11.9. The summed E-state index contributed by atoms with van der Waals surface area (Å²) in [6.45, 7) is 4.83. The Morgan fingerprint density at radius 1 is 1.42 bits per heavy atom. The monoisotopic (exact) mass is 272 g/mol. The van der Waals surface area contributed by atoms with Crippen LogP contribution in [0, 0.1) is 11.3 Å². The van der Waals surface area contributed by atoms with Gasteiger partial charge in [0.05, 0.1) is 11.5 Å². The number of carboxylic acids is 1. The summed E-state index contributed by atoms with van der Waals surface area (Å²) < 4.78 is 5.18. The van der Waals surface area contributed by atoms with Crippen molar-refractivity contribution in [3.8, 4) is 0 Å². The van der Waals surface area contributed by atoms with Crippen molar-refractivity contribution >= 4 is 11.9 Å². The van der Waals surface area contributed by atoms with E-state index in [9.17, 15) is 14.7 Å². The first kappa shape index (κ1) is 15.9. The number of hydrogen-bond donors (Lipinski definition) is 3. The molecule has 0 aromatic rings. The molecule has 0 bridgehead atoms. The van der Waals surface area contributed by atoms with Crippen LogP contribution in [0.25, 0.3) is 0 Å². The normalized spacial score (nSPS) is 21.4. The van der Waals surface area contributed by atoms with Gasteiger partial charge in [-0.15, -0.1) is 0 Å². The van der Waals surface area contributed by atoms with Gasteiger partial charge in [0, 0.05) is 19.8 Å². The molecule has 1 aliphatic rings. The van der Waals surface area contributed by atoms with Gasteiger partial charge in [-0.1, -0.05) is 20.3 Å². The molecule has 19 heavy (non-hydrogen) atoms. The van der Waals surface area contributed by atoms with Crippen LogP contribution in [0.3, 0.4) is 0 Å². The summed E-state index contributed by atoms with van der Waals surface area (Å²) in [5.41, 5.74) is 4.91. The number of rotatable bonds is 6. The van der Waals surface area contributed by atoms with Crippen molar-refractivity contribution in [1.82, 2.24) is 5.32 Å². The number of ether oxygens (including phenoxy) is 1. The molecule has 1 amide bonds. The van der Waals surface area contributed by atoms with Gasteiger partial charge in [0.25, 0.3) is 0 Å². The molecule has 2 atom stereocenters. The lowest BCUT2D eigenvalue weighted by atomic mass is 9.80. The van der Waals surface area contributed by atoms with Crippen molar-refractivity contribution in [2.45, 2.75) is 39.2 Å². The fourth-order valence-corrected chi connectivity index (χ4v) is 2.11. The number of nitrogens with two attached hydrogens (primary N) is 1. The van der Waals surface area contributed by atoms with Crippen molar-refractivity contribution in [1.29, 1.82) is 0 Å². The predicted octanol–water partition coefficient (Wildman–Crippen LogP) is 0.357. The van der Waals surface area contributed by atoms with E-state index < -0.39 is 17.4 Å². The lowest BCUT2D eigenvalue weighted by molar-refractivity contribution is -0.154. The third-order valence-corrected chi connectivity index (χ3v) is 4.06. The van der Waals surface area contributed by atoms with Crippen LogP contribution in [-0.4, -0.2) is 42.8 Å². The number of carbonyl (C=O) groups excluding carboxylic acids is 1. The Labute approximate surface area is 113 Å². The van der Waals surface area contributed by atoms with Crippen molar-refractivity contribution in [3.63, 3.8) is 0 Å². The first-order valence-electron chi connectivity index (χ1n) is 6.77. The van der Waals surface area contributed by atoms with Crippen LogP contribution in [0.2, 0.25) is 0 Å². The molecule has 0 aromatic carbocycles. The molecule has 110 valence electrons. The molecular weight excluding hydrogens is 248 g/mol. The molecular formula is C13H24N2O4. The van der Waals surface area contributed by atoms with Crippen LogP contribution in [0.4, 0.5) is 0 Å². The minimum atomic E-state index is -0.914. The van der Waals surface area contributed by atoms with Crippen LogP contribution < -0.4 is 11.1 Å². The minimum absolute atomic E-state index is 0.0791. The highest BCUT2D eigenvalue weighted by Gasteiger charge is 2.40. The summed E-state index contributed by atoms with van der Waals surface area (Å²) in [6.07, 6.45) is 1.65. The standard InChI is InChI=1S/C13H24N2O4/c1-3-9(2)10(14)11(16)15-8-13(12(17)18)4-6-19-7-5-13/h9-10H,3-8,14H2,1-2H3,(H,15,16)(H,17,18). The molecule has 0 aliphatic carbocycles. The lowest BCUT2D eigenvalue weighted by Crippen LogP contribution is -2.51. The number of aliphatic carboxylic acids is 1. The summed E-state index contributed by atoms with van der Waals surface area (Å²) in [7, 11) is 0. The first-order valence-corrected chi connectivity index (χ1v) is 6.77. The summed E-state index contributed by atoms with van der Waals surface area (Å²) in [5.74, 6) is -1.08. The van der Waals surface area contributed by atoms with Crippen molar-refractivity contribution in [2.75, 3.05) is 19.8 Å². The molecule has 0 saturated carbocycles. The van der Waals surface area contributed by atoms with Gasteiger partial charge in [-0.2, -0.15) is 0 Å². The zero-order valence-electron chi connectivity index (χ0n) is 11.6. The van der Waals surface area contributed by atoms with Crippen molar-refractivity contribution < 1.29 is 19.4 Å². The van der Waals surface area contributed by atoms with Gasteiger partial charge in [-0.3, -0.25) is 9.59 Å². The van der Waals surface area contributed by atoms with Gasteiger partial charge in [0.15, 0.2) is 0 Å². The molecule has 0 spiro atoms. The van der Waals surface area contributed by atoms with Gasteiger partial charge >= 0.3 is 5.97 Å². The third-order valence-electron chi connectivity index (χ3n) is 4.06. The lowest BCUT2D eigenvalue weighted by Gasteiger charge is -2.33. The summed E-state index contributed by atoms with van der Waals surface area (Å²) >= 11 is 0. The van der Waals surface area contributed by atoms with Gasteiger partial charge in [0.2, 0.25) is 5.91 Å². The molecule has 1 aliphatic heterocycles. The maximum Gasteiger partial charge on any atom is 0.311 e. The van der Waals surface area contributed by atoms with E-state index in [1.807, 2.05) is 13.8 Å². The first-order chi connectivity index (χ1) is 8.93. The van der Waals surface area contributed by atoms with E-state index >= 15 is 0 Å². The third kappa shape index (κ3) is 3.91. The summed E-state index contributed by atoms with van der Waals surface area (Å²) in [6, 6.07) is -0.587. The topological polar surface area (TPSA) is 102 Å². The van der Waals surface area contributed by atoms with Crippen LogP contribution in [0.1, 0.15) is 33.1 Å². The second-order valence-corrected chi connectivity index (χ2v) is 5.33. The van der Waals surface area contributed by atoms with E-state index in [0.29, 0.717) is 26.1 Å². The fourth-order valence-electron chi connectivity index (χ4n) is 2.11. The molecule has 6 heteroatoms. The fraction of sp³-hybridized carbons (Fsp3) is 0.846. The molecule has 0 radical (unpaired) electrons. The largest absolute Gasteiger partial charge is 0.481 e. The van der Waals surface area contributed by atoms with Gasteiger partial charge < -0.3 is 20.9 Å². The van der Waals surface area contributed by atoms with Gasteiger partial charge in [0.1, 0.15) is 0 Å². The number of nitrogens with one attached hydrogen (secondary N) is 1. The van der Waals surface area contributed by atoms with Crippen LogP contribution in [0.15, 0.2) is 0 Å². The van der Waals surface area contributed by atoms with Crippen LogP contribution in [0.5, 0.6) is 0 Å². The number of carbonyl (C=O) groups is 2. The van der Waals surface area contributed by atoms with Crippen molar-refractivity contribution in [3.05, 3.63) is 0 Å². The molecule has 1 rings (SSSR count).